The molecule has 2 N–H and O–H groups in total. The van der Waals surface area contributed by atoms with Gasteiger partial charge >= 0.3 is 0 Å². The Labute approximate surface area is 160 Å². The van der Waals surface area contributed by atoms with E-state index in [2.05, 4.69) is 4.72 Å². The lowest BCUT2D eigenvalue weighted by Gasteiger charge is -2.25. The van der Waals surface area contributed by atoms with E-state index in [4.69, 9.17) is 20.8 Å². The van der Waals surface area contributed by atoms with Gasteiger partial charge in [0.05, 0.1) is 29.8 Å². The molecule has 1 atom stereocenters. The molecule has 0 spiro atoms. The van der Waals surface area contributed by atoms with Crippen LogP contribution in [0.15, 0.2) is 63.4 Å². The van der Waals surface area contributed by atoms with Crippen molar-refractivity contribution in [3.05, 3.63) is 69.8 Å². The number of rotatable bonds is 7. The molecule has 0 fully saturated rings. The highest BCUT2D eigenvalue weighted by atomic mass is 35.5. The third-order valence-electron chi connectivity index (χ3n) is 3.81. The predicted molar refractivity (Wildman–Crippen MR) is 99.2 cm³/mol. The quantitative estimate of drug-likeness (QED) is 0.620. The molecule has 1 aromatic carbocycles. The minimum absolute atomic E-state index is 0.0312. The molecule has 0 saturated heterocycles. The molecule has 3 rings (SSSR count). The molecule has 1 unspecified atom stereocenters. The predicted octanol–water partition coefficient (Wildman–Crippen LogP) is 3.22. The van der Waals surface area contributed by atoms with Crippen molar-refractivity contribution in [3.63, 3.8) is 0 Å². The molecule has 2 heterocycles. The normalized spacial score (nSPS) is 14.1. The van der Waals surface area contributed by atoms with E-state index in [1.165, 1.54) is 42.9 Å². The summed E-state index contributed by atoms with van der Waals surface area (Å²) >= 11 is 7.31. The summed E-state index contributed by atoms with van der Waals surface area (Å²) in [6.45, 7) is -0.299. The molecule has 26 heavy (non-hydrogen) atoms. The molecule has 0 bridgehead atoms. The minimum Gasteiger partial charge on any atom is -0.495 e. The maximum absolute atomic E-state index is 12.6. The van der Waals surface area contributed by atoms with Crippen LogP contribution >= 0.6 is 22.9 Å². The molecule has 2 aromatic heterocycles. The number of methoxy groups -OCH3 is 1. The average molecular weight is 414 g/mol. The van der Waals surface area contributed by atoms with Crippen molar-refractivity contribution in [3.8, 4) is 5.75 Å². The number of halogens is 1. The summed E-state index contributed by atoms with van der Waals surface area (Å²) in [5, 5.41) is 13.1. The van der Waals surface area contributed by atoms with Crippen LogP contribution in [0.4, 0.5) is 0 Å². The molecule has 6 nitrogen and oxygen atoms in total. The van der Waals surface area contributed by atoms with Gasteiger partial charge in [0.1, 0.15) is 11.5 Å². The zero-order valence-corrected chi connectivity index (χ0v) is 16.1. The zero-order valence-electron chi connectivity index (χ0n) is 13.7. The van der Waals surface area contributed by atoms with Crippen molar-refractivity contribution < 1.29 is 22.7 Å². The van der Waals surface area contributed by atoms with E-state index in [9.17, 15) is 13.5 Å². The first kappa shape index (κ1) is 18.9. The Hall–Kier alpha value is -1.84. The summed E-state index contributed by atoms with van der Waals surface area (Å²) in [5.41, 5.74) is -1.62. The first-order valence-corrected chi connectivity index (χ1v) is 10.2. The van der Waals surface area contributed by atoms with Crippen molar-refractivity contribution >= 4 is 33.0 Å². The van der Waals surface area contributed by atoms with Gasteiger partial charge in [0, 0.05) is 4.88 Å². The molecule has 0 saturated carbocycles. The first-order valence-electron chi connectivity index (χ1n) is 7.50. The van der Waals surface area contributed by atoms with Gasteiger partial charge in [0.2, 0.25) is 10.0 Å². The van der Waals surface area contributed by atoms with Gasteiger partial charge in [0.25, 0.3) is 0 Å². The van der Waals surface area contributed by atoms with Crippen molar-refractivity contribution in [1.82, 2.24) is 4.72 Å². The van der Waals surface area contributed by atoms with Gasteiger partial charge in [-0.3, -0.25) is 0 Å². The molecule has 0 amide bonds. The topological polar surface area (TPSA) is 88.8 Å². The van der Waals surface area contributed by atoms with Crippen LogP contribution in [0.25, 0.3) is 0 Å². The van der Waals surface area contributed by atoms with E-state index < -0.39 is 15.6 Å². The molecule has 0 aliphatic heterocycles. The van der Waals surface area contributed by atoms with Gasteiger partial charge in [-0.1, -0.05) is 17.7 Å². The molecular formula is C17H16ClNO5S2. The summed E-state index contributed by atoms with van der Waals surface area (Å²) in [5.74, 6) is 0.617. The number of benzene rings is 1. The third-order valence-corrected chi connectivity index (χ3v) is 6.52. The average Bonchev–Trinajstić information content (AvgIpc) is 3.33. The van der Waals surface area contributed by atoms with Crippen LogP contribution in [-0.2, 0) is 15.6 Å². The fraction of sp³-hybridized carbons (Fsp3) is 0.176. The Bertz CT molecular complexity index is 935. The Morgan fingerprint density at radius 1 is 1.31 bits per heavy atom. The highest BCUT2D eigenvalue weighted by Crippen LogP contribution is 2.33. The van der Waals surface area contributed by atoms with Gasteiger partial charge in [-0.05, 0) is 41.8 Å². The van der Waals surface area contributed by atoms with Crippen LogP contribution in [0.5, 0.6) is 5.75 Å². The highest BCUT2D eigenvalue weighted by Gasteiger charge is 2.37. The highest BCUT2D eigenvalue weighted by molar-refractivity contribution is 7.89. The lowest BCUT2D eigenvalue weighted by molar-refractivity contribution is 0.0655. The fourth-order valence-corrected chi connectivity index (χ4v) is 4.66. The van der Waals surface area contributed by atoms with Gasteiger partial charge in [-0.15, -0.1) is 11.3 Å². The Kier molecular flexibility index (Phi) is 5.40. The molecule has 9 heteroatoms. The largest absolute Gasteiger partial charge is 0.495 e. The maximum Gasteiger partial charge on any atom is 0.240 e. The van der Waals surface area contributed by atoms with Gasteiger partial charge < -0.3 is 14.3 Å². The SMILES string of the molecule is COc1ccc(S(=O)(=O)NCC(O)(c2ccco2)c2cccs2)cc1Cl. The molecule has 138 valence electrons. The monoisotopic (exact) mass is 413 g/mol. The third kappa shape index (κ3) is 3.65. The summed E-state index contributed by atoms with van der Waals surface area (Å²) in [4.78, 5) is 0.527. The lowest BCUT2D eigenvalue weighted by atomic mass is 9.99. The molecular weight excluding hydrogens is 398 g/mol. The second-order valence-electron chi connectivity index (χ2n) is 5.44. The number of thiophene rings is 1. The summed E-state index contributed by atoms with van der Waals surface area (Å²) in [6, 6.07) is 10.8. The van der Waals surface area contributed by atoms with Crippen LogP contribution < -0.4 is 9.46 Å². The van der Waals surface area contributed by atoms with Crippen molar-refractivity contribution in [2.75, 3.05) is 13.7 Å². The molecule has 0 radical (unpaired) electrons. The molecule has 0 aliphatic carbocycles. The van der Waals surface area contributed by atoms with Crippen molar-refractivity contribution in [2.45, 2.75) is 10.5 Å². The van der Waals surface area contributed by atoms with Crippen LogP contribution in [0.1, 0.15) is 10.6 Å². The number of furan rings is 1. The summed E-state index contributed by atoms with van der Waals surface area (Å²) in [7, 11) is -2.47. The van der Waals surface area contributed by atoms with Gasteiger partial charge in [-0.25, -0.2) is 13.1 Å². The summed E-state index contributed by atoms with van der Waals surface area (Å²) in [6.07, 6.45) is 1.42. The Morgan fingerprint density at radius 3 is 2.69 bits per heavy atom. The van der Waals surface area contributed by atoms with Crippen molar-refractivity contribution in [2.24, 2.45) is 0 Å². The number of sulfonamides is 1. The fourth-order valence-electron chi connectivity index (χ4n) is 2.42. The number of hydrogen-bond donors (Lipinski definition) is 2. The van der Waals surface area contributed by atoms with E-state index >= 15 is 0 Å². The molecule has 3 aromatic rings. The smallest absolute Gasteiger partial charge is 0.240 e. The van der Waals surface area contributed by atoms with Crippen LogP contribution in [-0.4, -0.2) is 27.2 Å². The molecule has 0 aliphatic rings. The maximum atomic E-state index is 12.6. The van der Waals surface area contributed by atoms with E-state index in [0.29, 0.717) is 10.6 Å². The van der Waals surface area contributed by atoms with Gasteiger partial charge in [-0.2, -0.15) is 0 Å². The van der Waals surface area contributed by atoms with E-state index in [1.54, 1.807) is 29.6 Å². The van der Waals surface area contributed by atoms with Crippen LogP contribution in [0.3, 0.4) is 0 Å². The van der Waals surface area contributed by atoms with Crippen LogP contribution in [0.2, 0.25) is 5.02 Å². The number of aliphatic hydroxyl groups is 1. The van der Waals surface area contributed by atoms with E-state index in [1.807, 2.05) is 0 Å². The second kappa shape index (κ2) is 7.42. The van der Waals surface area contributed by atoms with Gasteiger partial charge in [0.15, 0.2) is 5.60 Å². The van der Waals surface area contributed by atoms with E-state index in [-0.39, 0.29) is 22.2 Å². The zero-order chi connectivity index (χ0) is 18.8. The lowest BCUT2D eigenvalue weighted by Crippen LogP contribution is -2.40. The standard InChI is InChI=1S/C17H16ClNO5S2/c1-23-14-7-6-12(10-13(14)18)26(21,22)19-11-17(20,15-4-2-8-24-15)16-5-3-9-25-16/h2-10,19-20H,11H2,1H3. The summed E-state index contributed by atoms with van der Waals surface area (Å²) < 4.78 is 38.0. The second-order valence-corrected chi connectivity index (χ2v) is 8.56. The van der Waals surface area contributed by atoms with E-state index in [0.717, 1.165) is 0 Å². The van der Waals surface area contributed by atoms with Crippen molar-refractivity contribution in [1.29, 1.82) is 0 Å². The number of hydrogen-bond acceptors (Lipinski definition) is 6. The number of ether oxygens (including phenoxy) is 1. The Morgan fingerprint density at radius 2 is 2.12 bits per heavy atom. The Balaban J connectivity index is 1.88. The minimum atomic E-state index is -3.91. The number of nitrogens with one attached hydrogen (secondary N) is 1. The first-order chi connectivity index (χ1) is 12.4. The van der Waals surface area contributed by atoms with Crippen LogP contribution in [0, 0.1) is 0 Å².